The van der Waals surface area contributed by atoms with Gasteiger partial charge in [0, 0.05) is 11.1 Å². The van der Waals surface area contributed by atoms with Gasteiger partial charge in [-0.3, -0.25) is 0 Å². The molecular formula is C9H10ClN. The molecule has 1 fully saturated rings. The SMILES string of the molecule is Clc1ccccc1C1CCN1. The van der Waals surface area contributed by atoms with Crippen LogP contribution < -0.4 is 5.32 Å². The summed E-state index contributed by atoms with van der Waals surface area (Å²) in [6, 6.07) is 8.52. The molecule has 1 aliphatic rings. The molecule has 1 aromatic rings. The maximum atomic E-state index is 5.99. The first-order valence-corrected chi connectivity index (χ1v) is 4.23. The molecule has 0 saturated carbocycles. The Balaban J connectivity index is 2.28. The minimum Gasteiger partial charge on any atom is -0.310 e. The van der Waals surface area contributed by atoms with Crippen LogP contribution in [-0.2, 0) is 0 Å². The van der Waals surface area contributed by atoms with Crippen molar-refractivity contribution >= 4 is 11.6 Å². The lowest BCUT2D eigenvalue weighted by Crippen LogP contribution is -2.35. The summed E-state index contributed by atoms with van der Waals surface area (Å²) in [5.41, 5.74) is 1.24. The van der Waals surface area contributed by atoms with Gasteiger partial charge in [-0.25, -0.2) is 0 Å². The molecule has 0 spiro atoms. The van der Waals surface area contributed by atoms with Crippen molar-refractivity contribution in [3.63, 3.8) is 0 Å². The predicted molar refractivity (Wildman–Crippen MR) is 46.8 cm³/mol. The summed E-state index contributed by atoms with van der Waals surface area (Å²) >= 11 is 5.99. The molecule has 0 bridgehead atoms. The minimum atomic E-state index is 0.503. The Kier molecular flexibility index (Phi) is 1.84. The highest BCUT2D eigenvalue weighted by molar-refractivity contribution is 6.31. The second-order valence-corrected chi connectivity index (χ2v) is 3.22. The van der Waals surface area contributed by atoms with Crippen LogP contribution in [0.4, 0.5) is 0 Å². The zero-order chi connectivity index (χ0) is 7.68. The molecule has 1 unspecified atom stereocenters. The van der Waals surface area contributed by atoms with Crippen LogP contribution in [0.15, 0.2) is 24.3 Å². The summed E-state index contributed by atoms with van der Waals surface area (Å²) in [5, 5.41) is 4.20. The number of benzene rings is 1. The summed E-state index contributed by atoms with van der Waals surface area (Å²) in [6.45, 7) is 1.12. The molecule has 2 rings (SSSR count). The molecule has 0 amide bonds. The number of hydrogen-bond acceptors (Lipinski definition) is 1. The predicted octanol–water partition coefficient (Wildman–Crippen LogP) is 2.37. The van der Waals surface area contributed by atoms with Crippen molar-refractivity contribution in [3.8, 4) is 0 Å². The maximum Gasteiger partial charge on any atom is 0.0453 e. The van der Waals surface area contributed by atoms with E-state index in [-0.39, 0.29) is 0 Å². The van der Waals surface area contributed by atoms with E-state index in [1.54, 1.807) is 0 Å². The van der Waals surface area contributed by atoms with Gasteiger partial charge < -0.3 is 5.32 Å². The van der Waals surface area contributed by atoms with Crippen LogP contribution in [0.3, 0.4) is 0 Å². The Morgan fingerprint density at radius 3 is 2.64 bits per heavy atom. The summed E-state index contributed by atoms with van der Waals surface area (Å²) in [6.07, 6.45) is 1.21. The first kappa shape index (κ1) is 7.14. The molecule has 58 valence electrons. The lowest BCUT2D eigenvalue weighted by Gasteiger charge is -2.28. The third-order valence-electron chi connectivity index (χ3n) is 2.10. The standard InChI is InChI=1S/C9H10ClN/c10-8-4-2-1-3-7(8)9-5-6-11-9/h1-4,9,11H,5-6H2. The monoisotopic (exact) mass is 167 g/mol. The fourth-order valence-corrected chi connectivity index (χ4v) is 1.58. The van der Waals surface area contributed by atoms with Crippen molar-refractivity contribution in [1.82, 2.24) is 5.32 Å². The van der Waals surface area contributed by atoms with Gasteiger partial charge in [-0.05, 0) is 24.6 Å². The number of halogens is 1. The fraction of sp³-hybridized carbons (Fsp3) is 0.333. The second kappa shape index (κ2) is 2.84. The van der Waals surface area contributed by atoms with E-state index in [1.807, 2.05) is 18.2 Å². The Bertz CT molecular complexity index is 255. The van der Waals surface area contributed by atoms with Crippen LogP contribution in [-0.4, -0.2) is 6.54 Å². The highest BCUT2D eigenvalue weighted by atomic mass is 35.5. The van der Waals surface area contributed by atoms with Crippen molar-refractivity contribution in [2.75, 3.05) is 6.54 Å². The summed E-state index contributed by atoms with van der Waals surface area (Å²) < 4.78 is 0. The molecule has 1 nitrogen and oxygen atoms in total. The number of rotatable bonds is 1. The van der Waals surface area contributed by atoms with Gasteiger partial charge >= 0.3 is 0 Å². The smallest absolute Gasteiger partial charge is 0.0453 e. The number of nitrogens with one attached hydrogen (secondary N) is 1. The Morgan fingerprint density at radius 2 is 2.09 bits per heavy atom. The highest BCUT2D eigenvalue weighted by Gasteiger charge is 2.19. The third-order valence-corrected chi connectivity index (χ3v) is 2.45. The van der Waals surface area contributed by atoms with Crippen molar-refractivity contribution in [2.45, 2.75) is 12.5 Å². The van der Waals surface area contributed by atoms with Gasteiger partial charge in [-0.2, -0.15) is 0 Å². The molecule has 1 atom stereocenters. The van der Waals surface area contributed by atoms with Gasteiger partial charge in [-0.15, -0.1) is 0 Å². The molecule has 2 heteroatoms. The van der Waals surface area contributed by atoms with Gasteiger partial charge in [0.25, 0.3) is 0 Å². The van der Waals surface area contributed by atoms with Crippen LogP contribution in [0.5, 0.6) is 0 Å². The van der Waals surface area contributed by atoms with Gasteiger partial charge in [0.2, 0.25) is 0 Å². The van der Waals surface area contributed by atoms with Gasteiger partial charge in [0.15, 0.2) is 0 Å². The molecule has 1 aromatic carbocycles. The Morgan fingerprint density at radius 1 is 1.36 bits per heavy atom. The highest BCUT2D eigenvalue weighted by Crippen LogP contribution is 2.28. The molecule has 1 aliphatic heterocycles. The lowest BCUT2D eigenvalue weighted by atomic mass is 9.98. The quantitative estimate of drug-likeness (QED) is 0.677. The zero-order valence-corrected chi connectivity index (χ0v) is 6.93. The number of hydrogen-bond donors (Lipinski definition) is 1. The van der Waals surface area contributed by atoms with Crippen LogP contribution >= 0.6 is 11.6 Å². The lowest BCUT2D eigenvalue weighted by molar-refractivity contribution is 0.383. The average Bonchev–Trinajstić information content (AvgIpc) is 1.90. The minimum absolute atomic E-state index is 0.503. The van der Waals surface area contributed by atoms with Crippen molar-refractivity contribution in [3.05, 3.63) is 34.9 Å². The molecule has 0 aliphatic carbocycles. The van der Waals surface area contributed by atoms with Crippen LogP contribution in [0.1, 0.15) is 18.0 Å². The van der Waals surface area contributed by atoms with Gasteiger partial charge in [0.05, 0.1) is 0 Å². The first-order chi connectivity index (χ1) is 5.38. The summed E-state index contributed by atoms with van der Waals surface area (Å²) in [4.78, 5) is 0. The van der Waals surface area contributed by atoms with E-state index in [1.165, 1.54) is 12.0 Å². The maximum absolute atomic E-state index is 5.99. The second-order valence-electron chi connectivity index (χ2n) is 2.82. The van der Waals surface area contributed by atoms with E-state index in [4.69, 9.17) is 11.6 Å². The normalized spacial score (nSPS) is 22.8. The van der Waals surface area contributed by atoms with Gasteiger partial charge in [0.1, 0.15) is 0 Å². The van der Waals surface area contributed by atoms with Crippen LogP contribution in [0.25, 0.3) is 0 Å². The first-order valence-electron chi connectivity index (χ1n) is 3.86. The molecule has 1 saturated heterocycles. The molecule has 11 heavy (non-hydrogen) atoms. The largest absolute Gasteiger partial charge is 0.310 e. The van der Waals surface area contributed by atoms with Crippen molar-refractivity contribution in [1.29, 1.82) is 0 Å². The fourth-order valence-electron chi connectivity index (χ4n) is 1.31. The molecule has 0 radical (unpaired) electrons. The van der Waals surface area contributed by atoms with E-state index < -0.39 is 0 Å². The van der Waals surface area contributed by atoms with E-state index in [2.05, 4.69) is 11.4 Å². The Hall–Kier alpha value is -0.530. The van der Waals surface area contributed by atoms with E-state index in [0.29, 0.717) is 6.04 Å². The van der Waals surface area contributed by atoms with Crippen LogP contribution in [0.2, 0.25) is 5.02 Å². The topological polar surface area (TPSA) is 12.0 Å². The average molecular weight is 168 g/mol. The third kappa shape index (κ3) is 1.26. The van der Waals surface area contributed by atoms with E-state index in [9.17, 15) is 0 Å². The van der Waals surface area contributed by atoms with Gasteiger partial charge in [-0.1, -0.05) is 29.8 Å². The van der Waals surface area contributed by atoms with Crippen molar-refractivity contribution in [2.24, 2.45) is 0 Å². The molecule has 1 N–H and O–H groups in total. The van der Waals surface area contributed by atoms with E-state index >= 15 is 0 Å². The van der Waals surface area contributed by atoms with Crippen LogP contribution in [0, 0.1) is 0 Å². The molecule has 1 heterocycles. The Labute approximate surface area is 71.4 Å². The molecule has 0 aromatic heterocycles. The molecular weight excluding hydrogens is 158 g/mol. The summed E-state index contributed by atoms with van der Waals surface area (Å²) in [5.74, 6) is 0. The summed E-state index contributed by atoms with van der Waals surface area (Å²) in [7, 11) is 0. The van der Waals surface area contributed by atoms with E-state index in [0.717, 1.165) is 11.6 Å². The van der Waals surface area contributed by atoms with Crippen molar-refractivity contribution < 1.29 is 0 Å². The zero-order valence-electron chi connectivity index (χ0n) is 6.18.